The molecule has 0 bridgehead atoms. The van der Waals surface area contributed by atoms with Gasteiger partial charge in [-0.05, 0) is 65.0 Å². The first-order valence-corrected chi connectivity index (χ1v) is 7.82. The van der Waals surface area contributed by atoms with Gasteiger partial charge >= 0.3 is 0 Å². The van der Waals surface area contributed by atoms with Gasteiger partial charge in [0, 0.05) is 16.7 Å². The topological polar surface area (TPSA) is 46.3 Å². The number of carbonyl (C=O) groups excluding carboxylic acids is 1. The van der Waals surface area contributed by atoms with E-state index in [1.165, 1.54) is 5.56 Å². The van der Waals surface area contributed by atoms with Gasteiger partial charge in [0.05, 0.1) is 11.3 Å². The molecule has 2 aromatic rings. The molecule has 0 atom stereocenters. The fraction of sp³-hybridized carbons (Fsp3) is 0.235. The molecule has 1 aliphatic rings. The van der Waals surface area contributed by atoms with E-state index in [1.807, 2.05) is 11.0 Å². The van der Waals surface area contributed by atoms with Gasteiger partial charge in [-0.2, -0.15) is 0 Å². The fourth-order valence-electron chi connectivity index (χ4n) is 2.90. The first kappa shape index (κ1) is 14.1. The second kappa shape index (κ2) is 5.53. The summed E-state index contributed by atoms with van der Waals surface area (Å²) in [5.74, 6) is 0.00410. The van der Waals surface area contributed by atoms with Crippen LogP contribution in [0.5, 0.6) is 0 Å². The number of nitrogens with two attached hydrogens (primary N) is 1. The Bertz CT molecular complexity index is 712. The zero-order valence-corrected chi connectivity index (χ0v) is 13.5. The largest absolute Gasteiger partial charge is 0.399 e. The molecule has 4 heteroatoms. The number of halogens is 1. The summed E-state index contributed by atoms with van der Waals surface area (Å²) >= 11 is 3.45. The van der Waals surface area contributed by atoms with Crippen LogP contribution in [0, 0.1) is 6.92 Å². The summed E-state index contributed by atoms with van der Waals surface area (Å²) in [4.78, 5) is 14.8. The van der Waals surface area contributed by atoms with E-state index in [0.717, 1.165) is 35.1 Å². The third-order valence-corrected chi connectivity index (χ3v) is 4.58. The Balaban J connectivity index is 2.06. The Morgan fingerprint density at radius 1 is 1.29 bits per heavy atom. The summed E-state index contributed by atoms with van der Waals surface area (Å²) in [5.41, 5.74) is 10.5. The second-order valence-corrected chi connectivity index (χ2v) is 6.24. The van der Waals surface area contributed by atoms with Gasteiger partial charge in [-0.3, -0.25) is 4.79 Å². The van der Waals surface area contributed by atoms with E-state index >= 15 is 0 Å². The van der Waals surface area contributed by atoms with Crippen LogP contribution in [-0.2, 0) is 6.42 Å². The van der Waals surface area contributed by atoms with Crippen molar-refractivity contribution in [2.24, 2.45) is 0 Å². The molecule has 2 aromatic carbocycles. The van der Waals surface area contributed by atoms with Gasteiger partial charge in [0.15, 0.2) is 0 Å². The average molecular weight is 345 g/mol. The highest BCUT2D eigenvalue weighted by Crippen LogP contribution is 2.33. The van der Waals surface area contributed by atoms with Gasteiger partial charge in [0.25, 0.3) is 5.91 Å². The van der Waals surface area contributed by atoms with Gasteiger partial charge in [-0.1, -0.05) is 18.2 Å². The van der Waals surface area contributed by atoms with E-state index in [0.29, 0.717) is 11.3 Å². The van der Waals surface area contributed by atoms with Crippen LogP contribution in [0.2, 0.25) is 0 Å². The summed E-state index contributed by atoms with van der Waals surface area (Å²) in [5, 5.41) is 0. The van der Waals surface area contributed by atoms with Crippen molar-refractivity contribution in [1.82, 2.24) is 0 Å². The number of amides is 1. The number of hydrogen-bond donors (Lipinski definition) is 1. The van der Waals surface area contributed by atoms with Crippen LogP contribution < -0.4 is 10.6 Å². The molecule has 3 nitrogen and oxygen atoms in total. The molecule has 0 spiro atoms. The van der Waals surface area contributed by atoms with Crippen molar-refractivity contribution < 1.29 is 4.79 Å². The van der Waals surface area contributed by atoms with Crippen molar-refractivity contribution >= 4 is 33.2 Å². The smallest absolute Gasteiger partial charge is 0.259 e. The van der Waals surface area contributed by atoms with Gasteiger partial charge in [0.1, 0.15) is 0 Å². The average Bonchev–Trinajstić information content (AvgIpc) is 2.49. The molecule has 3 rings (SSSR count). The lowest BCUT2D eigenvalue weighted by Crippen LogP contribution is -2.36. The van der Waals surface area contributed by atoms with E-state index < -0.39 is 0 Å². The molecule has 0 saturated heterocycles. The molecule has 1 aliphatic heterocycles. The quantitative estimate of drug-likeness (QED) is 0.796. The maximum atomic E-state index is 12.9. The van der Waals surface area contributed by atoms with Crippen molar-refractivity contribution in [2.75, 3.05) is 17.2 Å². The first-order valence-electron chi connectivity index (χ1n) is 7.03. The van der Waals surface area contributed by atoms with E-state index in [-0.39, 0.29) is 5.91 Å². The molecular formula is C17H17BrN2O. The number of aryl methyl sites for hydroxylation is 2. The maximum Gasteiger partial charge on any atom is 0.259 e. The van der Waals surface area contributed by atoms with Crippen molar-refractivity contribution in [3.05, 3.63) is 57.6 Å². The third-order valence-electron chi connectivity index (χ3n) is 3.89. The standard InChI is InChI=1S/C17H17BrN2O/c1-11-4-2-5-12-6-3-9-20(16(11)12)17(21)14-10-13(19)7-8-15(14)18/h2,4-5,7-8,10H,3,6,9,19H2,1H3. The van der Waals surface area contributed by atoms with Crippen molar-refractivity contribution in [2.45, 2.75) is 19.8 Å². The minimum atomic E-state index is 0.00410. The number of nitrogen functional groups attached to an aromatic ring is 1. The Morgan fingerprint density at radius 2 is 2.10 bits per heavy atom. The van der Waals surface area contributed by atoms with Crippen LogP contribution in [0.3, 0.4) is 0 Å². The second-order valence-electron chi connectivity index (χ2n) is 5.38. The van der Waals surface area contributed by atoms with Gasteiger partial charge in [-0.25, -0.2) is 0 Å². The number of carbonyl (C=O) groups is 1. The molecule has 0 fully saturated rings. The Hall–Kier alpha value is -1.81. The Morgan fingerprint density at radius 3 is 2.90 bits per heavy atom. The van der Waals surface area contributed by atoms with Gasteiger partial charge in [-0.15, -0.1) is 0 Å². The third kappa shape index (κ3) is 2.56. The van der Waals surface area contributed by atoms with Crippen molar-refractivity contribution in [1.29, 1.82) is 0 Å². The molecule has 21 heavy (non-hydrogen) atoms. The molecule has 0 aliphatic carbocycles. The van der Waals surface area contributed by atoms with E-state index in [2.05, 4.69) is 41.1 Å². The van der Waals surface area contributed by atoms with Crippen LogP contribution in [0.15, 0.2) is 40.9 Å². The lowest BCUT2D eigenvalue weighted by atomic mass is 9.97. The maximum absolute atomic E-state index is 12.9. The molecule has 0 radical (unpaired) electrons. The predicted molar refractivity (Wildman–Crippen MR) is 89.7 cm³/mol. The van der Waals surface area contributed by atoms with Gasteiger partial charge in [0.2, 0.25) is 0 Å². The summed E-state index contributed by atoms with van der Waals surface area (Å²) < 4.78 is 0.780. The van der Waals surface area contributed by atoms with Crippen LogP contribution in [0.1, 0.15) is 27.9 Å². The fourth-order valence-corrected chi connectivity index (χ4v) is 3.32. The van der Waals surface area contributed by atoms with E-state index in [4.69, 9.17) is 5.73 Å². The van der Waals surface area contributed by atoms with Crippen LogP contribution in [0.25, 0.3) is 0 Å². The molecule has 0 saturated carbocycles. The Kier molecular flexibility index (Phi) is 3.72. The minimum Gasteiger partial charge on any atom is -0.399 e. The normalized spacial score (nSPS) is 13.9. The van der Waals surface area contributed by atoms with E-state index in [9.17, 15) is 4.79 Å². The summed E-state index contributed by atoms with van der Waals surface area (Å²) in [7, 11) is 0. The number of para-hydroxylation sites is 1. The first-order chi connectivity index (χ1) is 10.1. The highest BCUT2D eigenvalue weighted by atomic mass is 79.9. The highest BCUT2D eigenvalue weighted by Gasteiger charge is 2.26. The molecule has 0 unspecified atom stereocenters. The van der Waals surface area contributed by atoms with Crippen molar-refractivity contribution in [3.63, 3.8) is 0 Å². The minimum absolute atomic E-state index is 0.00410. The molecule has 1 heterocycles. The Labute approximate surface area is 132 Å². The predicted octanol–water partition coefficient (Wildman–Crippen LogP) is 3.93. The van der Waals surface area contributed by atoms with Crippen LogP contribution >= 0.6 is 15.9 Å². The molecule has 0 aromatic heterocycles. The van der Waals surface area contributed by atoms with Crippen molar-refractivity contribution in [3.8, 4) is 0 Å². The molecule has 108 valence electrons. The SMILES string of the molecule is Cc1cccc2c1N(C(=O)c1cc(N)ccc1Br)CCC2. The number of anilines is 2. The zero-order valence-electron chi connectivity index (χ0n) is 11.9. The number of fused-ring (bicyclic) bond motifs is 1. The highest BCUT2D eigenvalue weighted by molar-refractivity contribution is 9.10. The molecule has 1 amide bonds. The molecule has 2 N–H and O–H groups in total. The molecular weight excluding hydrogens is 328 g/mol. The number of benzene rings is 2. The number of rotatable bonds is 1. The lowest BCUT2D eigenvalue weighted by Gasteiger charge is -2.31. The zero-order chi connectivity index (χ0) is 15.0. The monoisotopic (exact) mass is 344 g/mol. The van der Waals surface area contributed by atoms with Gasteiger partial charge < -0.3 is 10.6 Å². The van der Waals surface area contributed by atoms with Crippen LogP contribution in [0.4, 0.5) is 11.4 Å². The summed E-state index contributed by atoms with van der Waals surface area (Å²) in [6.07, 6.45) is 2.01. The number of nitrogens with zero attached hydrogens (tertiary/aromatic N) is 1. The van der Waals surface area contributed by atoms with Crippen LogP contribution in [-0.4, -0.2) is 12.5 Å². The summed E-state index contributed by atoms with van der Waals surface area (Å²) in [6, 6.07) is 11.6. The lowest BCUT2D eigenvalue weighted by molar-refractivity contribution is 0.0984. The number of hydrogen-bond acceptors (Lipinski definition) is 2. The summed E-state index contributed by atoms with van der Waals surface area (Å²) in [6.45, 7) is 2.80. The van der Waals surface area contributed by atoms with E-state index in [1.54, 1.807) is 12.1 Å².